The molecule has 2 aliphatic carbocycles. The molecule has 0 bridgehead atoms. The molecule has 39 heavy (non-hydrogen) atoms. The summed E-state index contributed by atoms with van der Waals surface area (Å²) in [7, 11) is 0. The smallest absolute Gasteiger partial charge is 0.228 e. The molecule has 7 heteroatoms. The highest BCUT2D eigenvalue weighted by molar-refractivity contribution is 5.83. The molecule has 2 N–H and O–H groups in total. The van der Waals surface area contributed by atoms with Crippen LogP contribution in [0.5, 0.6) is 0 Å². The Bertz CT molecular complexity index is 1080. The Morgan fingerprint density at radius 2 is 1.87 bits per heavy atom. The fourth-order valence-electron chi connectivity index (χ4n) is 7.68. The first kappa shape index (κ1) is 26.6. The highest BCUT2D eigenvalue weighted by atomic mass is 16.5. The summed E-state index contributed by atoms with van der Waals surface area (Å²) in [5.74, 6) is 1.04. The standard InChI is InChI=1S/C32H44N4O3/c37-29(15-8-17-35-19-21-39-22-20-35)33-28-14-7-5-12-25(28)32(38)36-18-16-26-30(23-9-2-1-3-10-23)34-27-13-6-4-11-24(27)31(26)36/h1-4,6,9,11,13,23,25-26,28,30-31,34H,5,7-8,10,12,14-22H2,(H,33,37)/t23?,25-,26+,28+,30-,31-/m0/s1. The predicted molar refractivity (Wildman–Crippen MR) is 153 cm³/mol. The van der Waals surface area contributed by atoms with E-state index >= 15 is 0 Å². The molecular formula is C32H44N4O3. The fraction of sp³-hybridized carbons (Fsp3) is 0.625. The summed E-state index contributed by atoms with van der Waals surface area (Å²) in [5, 5.41) is 7.17. The number of hydrogen-bond donors (Lipinski definition) is 2. The van der Waals surface area contributed by atoms with Crippen LogP contribution in [0.3, 0.4) is 0 Å². The number of allylic oxidation sites excluding steroid dienone is 3. The minimum atomic E-state index is -0.126. The highest BCUT2D eigenvalue weighted by Crippen LogP contribution is 2.49. The van der Waals surface area contributed by atoms with Crippen LogP contribution < -0.4 is 10.6 Å². The van der Waals surface area contributed by atoms with E-state index in [4.69, 9.17) is 4.74 Å². The predicted octanol–water partition coefficient (Wildman–Crippen LogP) is 4.29. The zero-order chi connectivity index (χ0) is 26.6. The Hall–Kier alpha value is -2.64. The molecule has 2 amide bonds. The van der Waals surface area contributed by atoms with Crippen molar-refractivity contribution in [1.82, 2.24) is 15.1 Å². The summed E-state index contributed by atoms with van der Waals surface area (Å²) in [4.78, 5) is 31.8. The number of nitrogens with one attached hydrogen (secondary N) is 2. The number of benzene rings is 1. The topological polar surface area (TPSA) is 73.9 Å². The van der Waals surface area contributed by atoms with E-state index in [1.54, 1.807) is 0 Å². The SMILES string of the molecule is O=C(CCCN1CCOCC1)N[C@@H]1CCCC[C@@H]1C(=O)N1CC[C@@H]2[C@H](C3C=CC=CC3)Nc3ccccc3[C@@H]21. The molecule has 210 valence electrons. The van der Waals surface area contributed by atoms with Crippen LogP contribution >= 0.6 is 0 Å². The number of morpholine rings is 1. The Balaban J connectivity index is 1.13. The second kappa shape index (κ2) is 12.3. The van der Waals surface area contributed by atoms with Gasteiger partial charge in [0.05, 0.1) is 25.2 Å². The highest BCUT2D eigenvalue weighted by Gasteiger charge is 2.49. The molecule has 1 aromatic rings. The first-order chi connectivity index (χ1) is 19.2. The van der Waals surface area contributed by atoms with Gasteiger partial charge in [0.2, 0.25) is 11.8 Å². The second-order valence-corrected chi connectivity index (χ2v) is 12.0. The molecule has 0 spiro atoms. The molecular weight excluding hydrogens is 488 g/mol. The minimum absolute atomic E-state index is 0.0552. The molecule has 1 saturated carbocycles. The largest absolute Gasteiger partial charge is 0.381 e. The van der Waals surface area contributed by atoms with Crippen molar-refractivity contribution in [2.24, 2.45) is 17.8 Å². The second-order valence-electron chi connectivity index (χ2n) is 12.0. The molecule has 6 atom stereocenters. The lowest BCUT2D eigenvalue weighted by Gasteiger charge is -2.44. The molecule has 0 radical (unpaired) electrons. The van der Waals surface area contributed by atoms with Gasteiger partial charge in [-0.1, -0.05) is 55.3 Å². The van der Waals surface area contributed by atoms with Gasteiger partial charge < -0.3 is 20.3 Å². The van der Waals surface area contributed by atoms with Crippen LogP contribution in [0, 0.1) is 17.8 Å². The lowest BCUT2D eigenvalue weighted by molar-refractivity contribution is -0.139. The molecule has 7 nitrogen and oxygen atoms in total. The molecule has 3 aliphatic heterocycles. The van der Waals surface area contributed by atoms with E-state index in [1.165, 1.54) is 11.3 Å². The van der Waals surface area contributed by atoms with Gasteiger partial charge in [-0.2, -0.15) is 0 Å². The molecule has 3 fully saturated rings. The lowest BCUT2D eigenvalue weighted by Crippen LogP contribution is -2.51. The maximum atomic E-state index is 14.3. The van der Waals surface area contributed by atoms with Gasteiger partial charge in [-0.05, 0) is 50.3 Å². The normalized spacial score (nSPS) is 32.3. The zero-order valence-corrected chi connectivity index (χ0v) is 23.1. The van der Waals surface area contributed by atoms with Crippen molar-refractivity contribution in [1.29, 1.82) is 0 Å². The zero-order valence-electron chi connectivity index (χ0n) is 23.1. The van der Waals surface area contributed by atoms with Crippen LogP contribution in [0.4, 0.5) is 5.69 Å². The van der Waals surface area contributed by atoms with Crippen LogP contribution in [0.2, 0.25) is 0 Å². The molecule has 2 saturated heterocycles. The number of ether oxygens (including phenoxy) is 1. The molecule has 5 aliphatic rings. The van der Waals surface area contributed by atoms with Crippen molar-refractivity contribution >= 4 is 17.5 Å². The first-order valence-corrected chi connectivity index (χ1v) is 15.3. The van der Waals surface area contributed by atoms with Crippen molar-refractivity contribution in [2.45, 2.75) is 69.5 Å². The summed E-state index contributed by atoms with van der Waals surface area (Å²) < 4.78 is 5.43. The van der Waals surface area contributed by atoms with Crippen LogP contribution in [0.25, 0.3) is 0 Å². The number of fused-ring (bicyclic) bond motifs is 3. The van der Waals surface area contributed by atoms with E-state index in [9.17, 15) is 9.59 Å². The lowest BCUT2D eigenvalue weighted by atomic mass is 9.75. The maximum Gasteiger partial charge on any atom is 0.228 e. The van der Waals surface area contributed by atoms with Crippen molar-refractivity contribution in [3.63, 3.8) is 0 Å². The summed E-state index contributed by atoms with van der Waals surface area (Å²) in [5.41, 5.74) is 2.42. The van der Waals surface area contributed by atoms with Crippen LogP contribution in [0.1, 0.15) is 63.0 Å². The van der Waals surface area contributed by atoms with E-state index in [2.05, 4.69) is 69.0 Å². The number of likely N-dealkylation sites (tertiary alicyclic amines) is 1. The van der Waals surface area contributed by atoms with Gasteiger partial charge in [0.1, 0.15) is 0 Å². The van der Waals surface area contributed by atoms with Gasteiger partial charge in [0.15, 0.2) is 0 Å². The maximum absolute atomic E-state index is 14.3. The van der Waals surface area contributed by atoms with E-state index in [1.807, 2.05) is 0 Å². The molecule has 1 unspecified atom stereocenters. The Kier molecular flexibility index (Phi) is 8.35. The van der Waals surface area contributed by atoms with Gasteiger partial charge in [-0.3, -0.25) is 14.5 Å². The number of rotatable bonds is 7. The van der Waals surface area contributed by atoms with Crippen molar-refractivity contribution in [2.75, 3.05) is 44.7 Å². The van der Waals surface area contributed by atoms with Crippen molar-refractivity contribution in [3.05, 3.63) is 54.1 Å². The number of para-hydroxylation sites is 1. The average molecular weight is 533 g/mol. The van der Waals surface area contributed by atoms with E-state index in [-0.39, 0.29) is 29.8 Å². The van der Waals surface area contributed by atoms with Crippen molar-refractivity contribution < 1.29 is 14.3 Å². The van der Waals surface area contributed by atoms with Gasteiger partial charge in [-0.15, -0.1) is 0 Å². The van der Waals surface area contributed by atoms with Gasteiger partial charge in [-0.25, -0.2) is 0 Å². The third-order valence-electron chi connectivity index (χ3n) is 9.68. The number of anilines is 1. The first-order valence-electron chi connectivity index (χ1n) is 15.3. The number of carbonyl (C=O) groups is 2. The third kappa shape index (κ3) is 5.80. The average Bonchev–Trinajstić information content (AvgIpc) is 3.43. The van der Waals surface area contributed by atoms with Crippen LogP contribution in [-0.2, 0) is 14.3 Å². The fourth-order valence-corrected chi connectivity index (χ4v) is 7.68. The van der Waals surface area contributed by atoms with E-state index in [0.717, 1.165) is 84.3 Å². The Morgan fingerprint density at radius 3 is 2.72 bits per heavy atom. The molecule has 1 aromatic carbocycles. The van der Waals surface area contributed by atoms with Gasteiger partial charge >= 0.3 is 0 Å². The number of carbonyl (C=O) groups excluding carboxylic acids is 2. The molecule has 0 aromatic heterocycles. The van der Waals surface area contributed by atoms with Crippen molar-refractivity contribution in [3.8, 4) is 0 Å². The third-order valence-corrected chi connectivity index (χ3v) is 9.68. The van der Waals surface area contributed by atoms with E-state index in [0.29, 0.717) is 24.3 Å². The van der Waals surface area contributed by atoms with Crippen LogP contribution in [-0.4, -0.2) is 73.1 Å². The number of amides is 2. The summed E-state index contributed by atoms with van der Waals surface area (Å²) >= 11 is 0. The summed E-state index contributed by atoms with van der Waals surface area (Å²) in [6.45, 7) is 5.20. The Labute approximate surface area is 233 Å². The number of hydrogen-bond acceptors (Lipinski definition) is 5. The van der Waals surface area contributed by atoms with Gasteiger partial charge in [0.25, 0.3) is 0 Å². The molecule has 6 rings (SSSR count). The Morgan fingerprint density at radius 1 is 1.03 bits per heavy atom. The minimum Gasteiger partial charge on any atom is -0.381 e. The summed E-state index contributed by atoms with van der Waals surface area (Å²) in [6, 6.07) is 8.92. The van der Waals surface area contributed by atoms with Gasteiger partial charge in [0, 0.05) is 55.7 Å². The quantitative estimate of drug-likeness (QED) is 0.548. The van der Waals surface area contributed by atoms with Crippen LogP contribution in [0.15, 0.2) is 48.6 Å². The molecule has 3 heterocycles. The number of nitrogens with zero attached hydrogens (tertiary/aromatic N) is 2. The summed E-state index contributed by atoms with van der Waals surface area (Å²) in [6.07, 6.45) is 16.2. The monoisotopic (exact) mass is 532 g/mol. The van der Waals surface area contributed by atoms with E-state index < -0.39 is 0 Å².